The van der Waals surface area contributed by atoms with E-state index in [1.54, 1.807) is 6.07 Å². The van der Waals surface area contributed by atoms with Crippen LogP contribution in [0.3, 0.4) is 0 Å². The maximum atomic E-state index is 10.6. The molecule has 0 aliphatic heterocycles. The zero-order valence-corrected chi connectivity index (χ0v) is 9.61. The summed E-state index contributed by atoms with van der Waals surface area (Å²) in [6, 6.07) is 4.52. The number of benzene rings is 1. The predicted molar refractivity (Wildman–Crippen MR) is 63.4 cm³/mol. The molecule has 0 saturated heterocycles. The lowest BCUT2D eigenvalue weighted by Gasteiger charge is -1.97. The van der Waals surface area contributed by atoms with E-state index in [0.717, 1.165) is 5.56 Å². The first-order valence-corrected chi connectivity index (χ1v) is 4.99. The zero-order chi connectivity index (χ0) is 12.8. The summed E-state index contributed by atoms with van der Waals surface area (Å²) in [6.45, 7) is 3.46. The second-order valence-electron chi connectivity index (χ2n) is 3.47. The Morgan fingerprint density at radius 3 is 2.82 bits per heavy atom. The van der Waals surface area contributed by atoms with Gasteiger partial charge < -0.3 is 5.32 Å². The monoisotopic (exact) mass is 232 g/mol. The molecule has 0 aromatic heterocycles. The Morgan fingerprint density at radius 1 is 1.53 bits per heavy atom. The molecule has 1 aromatic carbocycles. The van der Waals surface area contributed by atoms with Crippen LogP contribution in [0.15, 0.2) is 18.2 Å². The van der Waals surface area contributed by atoms with Gasteiger partial charge in [0.1, 0.15) is 0 Å². The van der Waals surface area contributed by atoms with Crippen LogP contribution in [0.4, 0.5) is 5.69 Å². The molecule has 0 atom stereocenters. The molecule has 0 radical (unpaired) electrons. The number of carbonyl (C=O) groups excluding carboxylic acids is 1. The molecule has 5 heteroatoms. The van der Waals surface area contributed by atoms with E-state index in [-0.39, 0.29) is 18.1 Å². The van der Waals surface area contributed by atoms with Gasteiger partial charge in [-0.2, -0.15) is 0 Å². The first kappa shape index (κ1) is 12.7. The Balaban J connectivity index is 2.86. The molecule has 5 nitrogen and oxygen atoms in total. The summed E-state index contributed by atoms with van der Waals surface area (Å²) >= 11 is 0. The van der Waals surface area contributed by atoms with Gasteiger partial charge in [0.2, 0.25) is 5.91 Å². The minimum atomic E-state index is -0.460. The Labute approximate surface area is 99.0 Å². The molecule has 88 valence electrons. The molecule has 0 spiro atoms. The smallest absolute Gasteiger partial charge is 0.270 e. The number of nitro benzene ring substituents is 1. The summed E-state index contributed by atoms with van der Waals surface area (Å²) in [4.78, 5) is 20.7. The van der Waals surface area contributed by atoms with Crippen LogP contribution in [0.5, 0.6) is 0 Å². The third kappa shape index (κ3) is 3.95. The van der Waals surface area contributed by atoms with E-state index in [9.17, 15) is 14.9 Å². The van der Waals surface area contributed by atoms with Crippen LogP contribution in [-0.2, 0) is 4.79 Å². The van der Waals surface area contributed by atoms with Crippen molar-refractivity contribution in [2.45, 2.75) is 13.8 Å². The van der Waals surface area contributed by atoms with E-state index in [4.69, 9.17) is 0 Å². The first-order chi connectivity index (χ1) is 8.00. The number of carbonyl (C=O) groups is 1. The van der Waals surface area contributed by atoms with Gasteiger partial charge in [0.05, 0.1) is 11.5 Å². The Morgan fingerprint density at radius 2 is 2.24 bits per heavy atom. The highest BCUT2D eigenvalue weighted by molar-refractivity contribution is 5.73. The third-order valence-electron chi connectivity index (χ3n) is 2.08. The van der Waals surface area contributed by atoms with Crippen LogP contribution >= 0.6 is 0 Å². The summed E-state index contributed by atoms with van der Waals surface area (Å²) in [6.07, 6.45) is 0. The lowest BCUT2D eigenvalue weighted by atomic mass is 10.1. The van der Waals surface area contributed by atoms with Crippen molar-refractivity contribution in [3.8, 4) is 11.8 Å². The highest BCUT2D eigenvalue weighted by Gasteiger charge is 2.06. The van der Waals surface area contributed by atoms with Crippen LogP contribution < -0.4 is 5.32 Å². The molecular formula is C12H12N2O3. The number of nitrogens with zero attached hydrogens (tertiary/aromatic N) is 1. The zero-order valence-electron chi connectivity index (χ0n) is 9.61. The van der Waals surface area contributed by atoms with Crippen LogP contribution in [0.25, 0.3) is 0 Å². The van der Waals surface area contributed by atoms with Gasteiger partial charge in [-0.1, -0.05) is 17.9 Å². The molecule has 0 saturated carbocycles. The number of non-ortho nitro benzene ring substituents is 1. The lowest BCUT2D eigenvalue weighted by molar-refractivity contribution is -0.384. The van der Waals surface area contributed by atoms with Gasteiger partial charge in [-0.3, -0.25) is 14.9 Å². The largest absolute Gasteiger partial charge is 0.345 e. The maximum absolute atomic E-state index is 10.6. The SMILES string of the molecule is CC(=O)NCC#Cc1cc([N+](=O)[O-])ccc1C. The van der Waals surface area contributed by atoms with Crippen molar-refractivity contribution in [3.63, 3.8) is 0 Å². The molecule has 1 N–H and O–H groups in total. The first-order valence-electron chi connectivity index (χ1n) is 4.99. The molecule has 0 heterocycles. The third-order valence-corrected chi connectivity index (χ3v) is 2.08. The molecule has 0 bridgehead atoms. The Bertz CT molecular complexity index is 512. The molecule has 0 unspecified atom stereocenters. The van der Waals surface area contributed by atoms with Crippen LogP contribution in [-0.4, -0.2) is 17.4 Å². The number of amides is 1. The summed E-state index contributed by atoms with van der Waals surface area (Å²) in [7, 11) is 0. The standard InChI is InChI=1S/C12H12N2O3/c1-9-5-6-12(14(16)17)8-11(9)4-3-7-13-10(2)15/h5-6,8H,7H2,1-2H3,(H,13,15). The van der Waals surface area contributed by atoms with Crippen LogP contribution in [0.2, 0.25) is 0 Å². The fourth-order valence-electron chi connectivity index (χ4n) is 1.17. The van der Waals surface area contributed by atoms with E-state index < -0.39 is 4.92 Å². The quantitative estimate of drug-likeness (QED) is 0.475. The Hall–Kier alpha value is -2.35. The van der Waals surface area contributed by atoms with Crippen LogP contribution in [0.1, 0.15) is 18.1 Å². The number of rotatable bonds is 2. The van der Waals surface area contributed by atoms with Gasteiger partial charge in [-0.05, 0) is 12.5 Å². The maximum Gasteiger partial charge on any atom is 0.270 e. The fourth-order valence-corrected chi connectivity index (χ4v) is 1.17. The highest BCUT2D eigenvalue weighted by Crippen LogP contribution is 2.16. The number of hydrogen-bond donors (Lipinski definition) is 1. The van der Waals surface area contributed by atoms with Crippen molar-refractivity contribution in [2.24, 2.45) is 0 Å². The minimum Gasteiger partial charge on any atom is -0.345 e. The molecule has 0 aliphatic rings. The van der Waals surface area contributed by atoms with Crippen molar-refractivity contribution in [1.82, 2.24) is 5.32 Å². The summed E-state index contributed by atoms with van der Waals surface area (Å²) < 4.78 is 0. The predicted octanol–water partition coefficient (Wildman–Crippen LogP) is 1.39. The molecule has 1 rings (SSSR count). The average Bonchev–Trinajstić information content (AvgIpc) is 2.25. The van der Waals surface area contributed by atoms with Crippen molar-refractivity contribution in [2.75, 3.05) is 6.54 Å². The summed E-state index contributed by atoms with van der Waals surface area (Å²) in [5.41, 5.74) is 1.48. The van der Waals surface area contributed by atoms with Gasteiger partial charge in [-0.15, -0.1) is 0 Å². The number of hydrogen-bond acceptors (Lipinski definition) is 3. The van der Waals surface area contributed by atoms with Gasteiger partial charge in [-0.25, -0.2) is 0 Å². The topological polar surface area (TPSA) is 72.2 Å². The molecule has 17 heavy (non-hydrogen) atoms. The van der Waals surface area contributed by atoms with Crippen LogP contribution in [0, 0.1) is 28.9 Å². The highest BCUT2D eigenvalue weighted by atomic mass is 16.6. The molecular weight excluding hydrogens is 220 g/mol. The second-order valence-corrected chi connectivity index (χ2v) is 3.47. The number of nitrogens with one attached hydrogen (secondary N) is 1. The number of aryl methyl sites for hydroxylation is 1. The van der Waals surface area contributed by atoms with E-state index in [1.165, 1.54) is 19.1 Å². The van der Waals surface area contributed by atoms with E-state index in [1.807, 2.05) is 6.92 Å². The van der Waals surface area contributed by atoms with Gasteiger partial charge >= 0.3 is 0 Å². The molecule has 1 aromatic rings. The average molecular weight is 232 g/mol. The summed E-state index contributed by atoms with van der Waals surface area (Å²) in [5, 5.41) is 13.1. The molecule has 0 aliphatic carbocycles. The van der Waals surface area contributed by atoms with Crippen molar-refractivity contribution in [3.05, 3.63) is 39.4 Å². The van der Waals surface area contributed by atoms with E-state index >= 15 is 0 Å². The van der Waals surface area contributed by atoms with Crippen molar-refractivity contribution >= 4 is 11.6 Å². The van der Waals surface area contributed by atoms with Gasteiger partial charge in [0, 0.05) is 24.6 Å². The normalized spacial score (nSPS) is 9.06. The molecule has 0 fully saturated rings. The number of nitro groups is 1. The van der Waals surface area contributed by atoms with Crippen molar-refractivity contribution in [1.29, 1.82) is 0 Å². The van der Waals surface area contributed by atoms with E-state index in [2.05, 4.69) is 17.2 Å². The Kier molecular flexibility index (Phi) is 4.23. The van der Waals surface area contributed by atoms with Gasteiger partial charge in [0.15, 0.2) is 0 Å². The van der Waals surface area contributed by atoms with Gasteiger partial charge in [0.25, 0.3) is 5.69 Å². The molecule has 1 amide bonds. The second kappa shape index (κ2) is 5.66. The van der Waals surface area contributed by atoms with Crippen molar-refractivity contribution < 1.29 is 9.72 Å². The minimum absolute atomic E-state index is 0.0134. The van der Waals surface area contributed by atoms with E-state index in [0.29, 0.717) is 5.56 Å². The fraction of sp³-hybridized carbons (Fsp3) is 0.250. The lowest BCUT2D eigenvalue weighted by Crippen LogP contribution is -2.19. The summed E-state index contributed by atoms with van der Waals surface area (Å²) in [5.74, 6) is 5.37.